The highest BCUT2D eigenvalue weighted by molar-refractivity contribution is 7.98. The Labute approximate surface area is 114 Å². The largest absolute Gasteiger partial charge is 0.311 e. The molecule has 0 aromatic heterocycles. The molecule has 0 aliphatic carbocycles. The minimum Gasteiger partial charge on any atom is -0.311 e. The minimum atomic E-state index is 0.514. The van der Waals surface area contributed by atoms with Gasteiger partial charge in [-0.05, 0) is 11.6 Å². The van der Waals surface area contributed by atoms with Gasteiger partial charge in [-0.3, -0.25) is 0 Å². The molecule has 0 fully saturated rings. The molecule has 1 rings (SSSR count). The van der Waals surface area contributed by atoms with Crippen LogP contribution in [0.4, 0.5) is 0 Å². The molecule has 17 heavy (non-hydrogen) atoms. The smallest absolute Gasteiger partial charge is 0.0446 e. The van der Waals surface area contributed by atoms with Gasteiger partial charge in [0.1, 0.15) is 0 Å². The van der Waals surface area contributed by atoms with Gasteiger partial charge in [0.15, 0.2) is 0 Å². The zero-order valence-corrected chi connectivity index (χ0v) is 12.1. The second kappa shape index (κ2) is 7.80. The summed E-state index contributed by atoms with van der Waals surface area (Å²) in [6.07, 6.45) is 0. The molecular weight excluding hydrogens is 250 g/mol. The maximum atomic E-state index is 6.09. The van der Waals surface area contributed by atoms with Crippen LogP contribution >= 0.6 is 23.4 Å². The third-order valence-electron chi connectivity index (χ3n) is 2.28. The fraction of sp³-hybridized carbons (Fsp3) is 0.429. The predicted octanol–water partition coefficient (Wildman–Crippen LogP) is 4.13. The van der Waals surface area contributed by atoms with Gasteiger partial charge in [-0.15, -0.1) is 0 Å². The lowest BCUT2D eigenvalue weighted by Gasteiger charge is -2.10. The maximum absolute atomic E-state index is 6.09. The lowest BCUT2D eigenvalue weighted by Crippen LogP contribution is -2.25. The lowest BCUT2D eigenvalue weighted by atomic mass is 10.2. The number of halogens is 1. The summed E-state index contributed by atoms with van der Waals surface area (Å²) in [6, 6.07) is 8.51. The second-order valence-electron chi connectivity index (χ2n) is 4.37. The Morgan fingerprint density at radius 2 is 2.12 bits per heavy atom. The van der Waals surface area contributed by atoms with E-state index in [9.17, 15) is 0 Å². The van der Waals surface area contributed by atoms with Gasteiger partial charge in [-0.1, -0.05) is 55.8 Å². The SMILES string of the molecule is C=C(CNC(C)C)CSCc1ccccc1Cl. The number of nitrogens with one attached hydrogen (secondary N) is 1. The van der Waals surface area contributed by atoms with Crippen molar-refractivity contribution in [2.75, 3.05) is 12.3 Å². The van der Waals surface area contributed by atoms with Gasteiger partial charge in [0, 0.05) is 29.1 Å². The van der Waals surface area contributed by atoms with E-state index in [1.165, 1.54) is 11.1 Å². The molecule has 0 spiro atoms. The summed E-state index contributed by atoms with van der Waals surface area (Å²) in [4.78, 5) is 0. The van der Waals surface area contributed by atoms with Crippen molar-refractivity contribution in [3.63, 3.8) is 0 Å². The highest BCUT2D eigenvalue weighted by Crippen LogP contribution is 2.21. The highest BCUT2D eigenvalue weighted by atomic mass is 35.5. The third-order valence-corrected chi connectivity index (χ3v) is 3.78. The van der Waals surface area contributed by atoms with Crippen LogP contribution in [0.2, 0.25) is 5.02 Å². The highest BCUT2D eigenvalue weighted by Gasteiger charge is 2.01. The van der Waals surface area contributed by atoms with E-state index in [-0.39, 0.29) is 0 Å². The van der Waals surface area contributed by atoms with Gasteiger partial charge in [-0.2, -0.15) is 11.8 Å². The first-order chi connectivity index (χ1) is 8.09. The number of hydrogen-bond donors (Lipinski definition) is 1. The molecule has 0 unspecified atom stereocenters. The van der Waals surface area contributed by atoms with Gasteiger partial charge >= 0.3 is 0 Å². The van der Waals surface area contributed by atoms with Gasteiger partial charge in [-0.25, -0.2) is 0 Å². The monoisotopic (exact) mass is 269 g/mol. The maximum Gasteiger partial charge on any atom is 0.0446 e. The standard InChI is InChI=1S/C14H20ClNS/c1-11(2)16-8-12(3)9-17-10-13-6-4-5-7-14(13)15/h4-7,11,16H,3,8-10H2,1-2H3. The molecule has 0 atom stereocenters. The number of rotatable bonds is 7. The van der Waals surface area contributed by atoms with Crippen LogP contribution in [0.3, 0.4) is 0 Å². The van der Waals surface area contributed by atoms with Crippen molar-refractivity contribution >= 4 is 23.4 Å². The lowest BCUT2D eigenvalue weighted by molar-refractivity contribution is 0.623. The topological polar surface area (TPSA) is 12.0 Å². The fourth-order valence-electron chi connectivity index (χ4n) is 1.32. The van der Waals surface area contributed by atoms with Crippen LogP contribution in [0, 0.1) is 0 Å². The summed E-state index contributed by atoms with van der Waals surface area (Å²) in [6.45, 7) is 9.25. The molecule has 1 nitrogen and oxygen atoms in total. The van der Waals surface area contributed by atoms with Crippen molar-refractivity contribution in [1.82, 2.24) is 5.32 Å². The average molecular weight is 270 g/mol. The van der Waals surface area contributed by atoms with E-state index in [0.29, 0.717) is 6.04 Å². The number of benzene rings is 1. The first kappa shape index (κ1) is 14.6. The molecule has 0 saturated carbocycles. The summed E-state index contributed by atoms with van der Waals surface area (Å²) in [7, 11) is 0. The Bertz CT molecular complexity index is 363. The van der Waals surface area contributed by atoms with Gasteiger partial charge in [0.25, 0.3) is 0 Å². The summed E-state index contributed by atoms with van der Waals surface area (Å²) < 4.78 is 0. The van der Waals surface area contributed by atoms with Crippen molar-refractivity contribution in [3.05, 3.63) is 47.0 Å². The van der Waals surface area contributed by atoms with Crippen molar-refractivity contribution in [2.45, 2.75) is 25.6 Å². The Morgan fingerprint density at radius 1 is 1.41 bits per heavy atom. The van der Waals surface area contributed by atoms with Crippen LogP contribution in [0.1, 0.15) is 19.4 Å². The van der Waals surface area contributed by atoms with E-state index >= 15 is 0 Å². The molecule has 0 aliphatic rings. The van der Waals surface area contributed by atoms with Crippen LogP contribution in [0.25, 0.3) is 0 Å². The molecule has 0 aliphatic heterocycles. The first-order valence-electron chi connectivity index (χ1n) is 5.80. The number of hydrogen-bond acceptors (Lipinski definition) is 2. The van der Waals surface area contributed by atoms with E-state index in [2.05, 4.69) is 31.8 Å². The van der Waals surface area contributed by atoms with Crippen molar-refractivity contribution in [3.8, 4) is 0 Å². The molecule has 1 aromatic carbocycles. The molecule has 94 valence electrons. The average Bonchev–Trinajstić information content (AvgIpc) is 2.29. The molecule has 0 radical (unpaired) electrons. The molecule has 0 saturated heterocycles. The Morgan fingerprint density at radius 3 is 2.76 bits per heavy atom. The Hall–Kier alpha value is -0.440. The quantitative estimate of drug-likeness (QED) is 0.747. The van der Waals surface area contributed by atoms with E-state index in [1.807, 2.05) is 30.0 Å². The van der Waals surface area contributed by atoms with E-state index < -0.39 is 0 Å². The Balaban J connectivity index is 2.24. The van der Waals surface area contributed by atoms with Crippen LogP contribution in [0.5, 0.6) is 0 Å². The summed E-state index contributed by atoms with van der Waals surface area (Å²) in [5, 5.41) is 4.22. The summed E-state index contributed by atoms with van der Waals surface area (Å²) in [5.41, 5.74) is 2.43. The van der Waals surface area contributed by atoms with Crippen LogP contribution < -0.4 is 5.32 Å². The zero-order chi connectivity index (χ0) is 12.7. The normalized spacial score (nSPS) is 10.8. The molecule has 0 bridgehead atoms. The van der Waals surface area contributed by atoms with Crippen LogP contribution in [-0.2, 0) is 5.75 Å². The van der Waals surface area contributed by atoms with Crippen molar-refractivity contribution in [1.29, 1.82) is 0 Å². The molecule has 3 heteroatoms. The molecular formula is C14H20ClNS. The van der Waals surface area contributed by atoms with Crippen LogP contribution in [-0.4, -0.2) is 18.3 Å². The predicted molar refractivity (Wildman–Crippen MR) is 79.9 cm³/mol. The first-order valence-corrected chi connectivity index (χ1v) is 7.34. The van der Waals surface area contributed by atoms with Gasteiger partial charge in [0.05, 0.1) is 0 Å². The van der Waals surface area contributed by atoms with Gasteiger partial charge < -0.3 is 5.32 Å². The summed E-state index contributed by atoms with van der Waals surface area (Å²) in [5.74, 6) is 1.92. The second-order valence-corrected chi connectivity index (χ2v) is 5.76. The molecule has 1 N–H and O–H groups in total. The van der Waals surface area contributed by atoms with Crippen molar-refractivity contribution in [2.24, 2.45) is 0 Å². The van der Waals surface area contributed by atoms with Crippen LogP contribution in [0.15, 0.2) is 36.4 Å². The Kier molecular flexibility index (Phi) is 6.71. The minimum absolute atomic E-state index is 0.514. The molecule has 1 aromatic rings. The van der Waals surface area contributed by atoms with E-state index in [0.717, 1.165) is 23.1 Å². The number of thioether (sulfide) groups is 1. The molecule has 0 amide bonds. The zero-order valence-electron chi connectivity index (χ0n) is 10.5. The summed E-state index contributed by atoms with van der Waals surface area (Å²) >= 11 is 7.95. The van der Waals surface area contributed by atoms with E-state index in [1.54, 1.807) is 0 Å². The molecule has 0 heterocycles. The van der Waals surface area contributed by atoms with Gasteiger partial charge in [0.2, 0.25) is 0 Å². The van der Waals surface area contributed by atoms with E-state index in [4.69, 9.17) is 11.6 Å². The fourth-order valence-corrected chi connectivity index (χ4v) is 2.57. The van der Waals surface area contributed by atoms with Crippen molar-refractivity contribution < 1.29 is 0 Å². The third kappa shape index (κ3) is 6.16.